The average Bonchev–Trinajstić information content (AvgIpc) is 2.95. The third-order valence-electron chi connectivity index (χ3n) is 6.62. The van der Waals surface area contributed by atoms with Gasteiger partial charge in [0.05, 0.1) is 12.1 Å². The molecule has 0 heterocycles. The molecule has 0 spiro atoms. The maximum absolute atomic E-state index is 13.3. The zero-order chi connectivity index (χ0) is 34.1. The van der Waals surface area contributed by atoms with Crippen molar-refractivity contribution in [3.05, 3.63) is 0 Å². The molecule has 258 valence electrons. The third kappa shape index (κ3) is 16.2. The van der Waals surface area contributed by atoms with E-state index in [2.05, 4.69) is 26.6 Å². The van der Waals surface area contributed by atoms with Gasteiger partial charge >= 0.3 is 5.97 Å². The molecular formula is C27H48ClN7O10. The fourth-order valence-corrected chi connectivity index (χ4v) is 3.82. The van der Waals surface area contributed by atoms with Crippen LogP contribution in [0.3, 0.4) is 0 Å². The van der Waals surface area contributed by atoms with Crippen LogP contribution in [0.2, 0.25) is 0 Å². The van der Waals surface area contributed by atoms with Crippen LogP contribution in [0.15, 0.2) is 0 Å². The van der Waals surface area contributed by atoms with E-state index in [1.54, 1.807) is 13.8 Å². The van der Waals surface area contributed by atoms with Gasteiger partial charge in [-0.05, 0) is 52.5 Å². The molecule has 0 saturated carbocycles. The summed E-state index contributed by atoms with van der Waals surface area (Å²) in [7, 11) is 0. The minimum absolute atomic E-state index is 0. The maximum atomic E-state index is 13.3. The summed E-state index contributed by atoms with van der Waals surface area (Å²) in [5.41, 5.74) is 5.51. The Morgan fingerprint density at radius 2 is 1.27 bits per heavy atom. The Morgan fingerprint density at radius 3 is 1.76 bits per heavy atom. The predicted octanol–water partition coefficient (Wildman–Crippen LogP) is -2.78. The van der Waals surface area contributed by atoms with Crippen molar-refractivity contribution in [1.82, 2.24) is 31.9 Å². The number of nitrogens with two attached hydrogens (primary N) is 1. The van der Waals surface area contributed by atoms with Crippen LogP contribution in [-0.2, 0) is 38.4 Å². The van der Waals surface area contributed by atoms with Crippen molar-refractivity contribution >= 4 is 59.6 Å². The molecule has 0 saturated heterocycles. The molecule has 0 aromatic carbocycles. The Kier molecular flexibility index (Phi) is 21.0. The number of rotatable bonds is 20. The van der Waals surface area contributed by atoms with Gasteiger partial charge in [0.1, 0.15) is 30.7 Å². The lowest BCUT2D eigenvalue weighted by Crippen LogP contribution is -2.61. The largest absolute Gasteiger partial charge is 0.480 e. The van der Waals surface area contributed by atoms with E-state index in [4.69, 9.17) is 10.8 Å². The lowest BCUT2D eigenvalue weighted by Gasteiger charge is -2.29. The van der Waals surface area contributed by atoms with Crippen molar-refractivity contribution in [1.29, 1.82) is 0 Å². The number of halogens is 1. The number of carboxylic acid groups (broad SMARTS) is 1. The van der Waals surface area contributed by atoms with E-state index in [1.165, 1.54) is 27.7 Å². The van der Waals surface area contributed by atoms with Gasteiger partial charge in [-0.3, -0.25) is 38.4 Å². The van der Waals surface area contributed by atoms with E-state index in [1.807, 2.05) is 5.32 Å². The summed E-state index contributed by atoms with van der Waals surface area (Å²) in [6.45, 7) is 8.01. The number of hydrogen-bond acceptors (Lipinski definition) is 10. The fourth-order valence-electron chi connectivity index (χ4n) is 3.82. The topological polar surface area (TPSA) is 275 Å². The van der Waals surface area contributed by atoms with E-state index in [9.17, 15) is 43.5 Å². The minimum atomic E-state index is -1.56. The fraction of sp³-hybridized carbons (Fsp3) is 0.704. The van der Waals surface area contributed by atoms with Crippen LogP contribution < -0.4 is 37.6 Å². The number of amides is 6. The molecule has 0 aliphatic rings. The maximum Gasteiger partial charge on any atom is 0.322 e. The van der Waals surface area contributed by atoms with Gasteiger partial charge in [0.2, 0.25) is 35.3 Å². The molecule has 0 aliphatic carbocycles. The van der Waals surface area contributed by atoms with Gasteiger partial charge in [0.15, 0.2) is 0 Å². The van der Waals surface area contributed by atoms with Crippen LogP contribution in [0.1, 0.15) is 67.2 Å². The van der Waals surface area contributed by atoms with Crippen LogP contribution in [0.5, 0.6) is 0 Å². The molecule has 0 rings (SSSR count). The molecule has 45 heavy (non-hydrogen) atoms. The Labute approximate surface area is 268 Å². The van der Waals surface area contributed by atoms with Gasteiger partial charge in [-0.25, -0.2) is 0 Å². The van der Waals surface area contributed by atoms with Crippen molar-refractivity contribution in [2.45, 2.75) is 104 Å². The minimum Gasteiger partial charge on any atom is -0.480 e. The van der Waals surface area contributed by atoms with Crippen LogP contribution >= 0.6 is 12.4 Å². The van der Waals surface area contributed by atoms with E-state index < -0.39 is 96.0 Å². The summed E-state index contributed by atoms with van der Waals surface area (Å²) in [4.78, 5) is 97.9. The molecule has 0 bridgehead atoms. The Balaban J connectivity index is 0. The average molecular weight is 666 g/mol. The molecule has 0 fully saturated rings. The molecule has 0 aromatic rings. The first-order valence-corrected chi connectivity index (χ1v) is 14.4. The van der Waals surface area contributed by atoms with E-state index in [0.717, 1.165) is 0 Å². The zero-order valence-corrected chi connectivity index (χ0v) is 27.2. The molecule has 18 heteroatoms. The Bertz CT molecular complexity index is 1060. The second-order valence-electron chi connectivity index (χ2n) is 10.5. The van der Waals surface area contributed by atoms with Crippen LogP contribution in [0, 0.1) is 5.92 Å². The summed E-state index contributed by atoms with van der Waals surface area (Å²) in [6, 6.07) is -6.29. The standard InChI is InChI=1S/C27H47N7O10.ClH/c1-7-13(2)20(33-24(41)18(32-17(6)36)10-8-9-11-28)25(42)34-21(16(5)35)26(43)31-15(4)23(40)30-14(3)22(39)27(44)29-12-19(37)38;/h13-16,18,20-21,35H,7-12,28H2,1-6H3,(H,29,44)(H,30,40)(H,31,43)(H,32,36)(H,33,41)(H,34,42)(H,37,38);1H/t13?,14?,15-,16+,18-,20-,21-;/m0./s1. The van der Waals surface area contributed by atoms with Gasteiger partial charge in [-0.1, -0.05) is 20.3 Å². The highest BCUT2D eigenvalue weighted by Gasteiger charge is 2.34. The predicted molar refractivity (Wildman–Crippen MR) is 164 cm³/mol. The van der Waals surface area contributed by atoms with Crippen molar-refractivity contribution < 1.29 is 48.6 Å². The number of ketones is 1. The lowest BCUT2D eigenvalue weighted by molar-refractivity contribution is -0.142. The van der Waals surface area contributed by atoms with Crippen LogP contribution in [0.25, 0.3) is 0 Å². The number of hydrogen-bond donors (Lipinski definition) is 9. The molecule has 2 unspecified atom stereocenters. The lowest BCUT2D eigenvalue weighted by atomic mass is 9.96. The molecule has 7 atom stereocenters. The van der Waals surface area contributed by atoms with E-state index in [-0.39, 0.29) is 18.8 Å². The van der Waals surface area contributed by atoms with Crippen LogP contribution in [0.4, 0.5) is 0 Å². The first-order valence-electron chi connectivity index (χ1n) is 14.4. The number of aliphatic hydroxyl groups is 1. The molecular weight excluding hydrogens is 618 g/mol. The van der Waals surface area contributed by atoms with Gasteiger partial charge in [0.25, 0.3) is 5.91 Å². The summed E-state index contributed by atoms with van der Waals surface area (Å²) in [6.07, 6.45) is 0.468. The smallest absolute Gasteiger partial charge is 0.322 e. The Morgan fingerprint density at radius 1 is 0.733 bits per heavy atom. The number of unbranched alkanes of at least 4 members (excludes halogenated alkanes) is 1. The number of carbonyl (C=O) groups excluding carboxylic acids is 7. The van der Waals surface area contributed by atoms with Crippen LogP contribution in [-0.4, -0.2) is 107 Å². The van der Waals surface area contributed by atoms with Gasteiger partial charge in [-0.2, -0.15) is 0 Å². The quantitative estimate of drug-likeness (QED) is 0.0474. The molecule has 10 N–H and O–H groups in total. The number of Topliss-reactive ketones (excluding diaryl/α,β-unsaturated/α-hetero) is 1. The second-order valence-corrected chi connectivity index (χ2v) is 10.5. The Hall–Kier alpha value is -3.83. The van der Waals surface area contributed by atoms with Crippen molar-refractivity contribution in [3.63, 3.8) is 0 Å². The second kappa shape index (κ2) is 21.8. The van der Waals surface area contributed by atoms with Gasteiger partial charge < -0.3 is 47.8 Å². The molecule has 0 aliphatic heterocycles. The van der Waals surface area contributed by atoms with Crippen molar-refractivity contribution in [2.75, 3.05) is 13.1 Å². The number of carboxylic acids is 1. The van der Waals surface area contributed by atoms with Gasteiger partial charge in [0, 0.05) is 6.92 Å². The summed E-state index contributed by atoms with van der Waals surface area (Å²) < 4.78 is 0. The highest BCUT2D eigenvalue weighted by atomic mass is 35.5. The number of aliphatic hydroxyl groups excluding tert-OH is 1. The molecule has 0 aromatic heterocycles. The molecule has 0 radical (unpaired) electrons. The normalized spacial score (nSPS) is 15.2. The molecule has 6 amide bonds. The third-order valence-corrected chi connectivity index (χ3v) is 6.62. The number of aliphatic carboxylic acids is 1. The van der Waals surface area contributed by atoms with E-state index >= 15 is 0 Å². The van der Waals surface area contributed by atoms with E-state index in [0.29, 0.717) is 25.8 Å². The SMILES string of the molecule is CCC(C)[C@H](NC(=O)[C@H](CCCCN)NC(C)=O)C(=O)N[C@H](C(=O)N[C@@H](C)C(=O)NC(C)C(=O)C(=O)NCC(=O)O)[C@@H](C)O.Cl. The van der Waals surface area contributed by atoms with Crippen molar-refractivity contribution in [3.8, 4) is 0 Å². The highest BCUT2D eigenvalue weighted by molar-refractivity contribution is 6.38. The first-order chi connectivity index (χ1) is 20.5. The number of carbonyl (C=O) groups is 8. The monoisotopic (exact) mass is 665 g/mol. The summed E-state index contributed by atoms with van der Waals surface area (Å²) in [5, 5.41) is 32.9. The van der Waals surface area contributed by atoms with Crippen molar-refractivity contribution in [2.24, 2.45) is 11.7 Å². The summed E-state index contributed by atoms with van der Waals surface area (Å²) in [5.74, 6) is -7.82. The van der Waals surface area contributed by atoms with Gasteiger partial charge in [-0.15, -0.1) is 12.4 Å². The molecule has 17 nitrogen and oxygen atoms in total. The zero-order valence-electron chi connectivity index (χ0n) is 26.4. The number of nitrogens with one attached hydrogen (secondary N) is 6. The summed E-state index contributed by atoms with van der Waals surface area (Å²) >= 11 is 0. The highest BCUT2D eigenvalue weighted by Crippen LogP contribution is 2.11. The first kappa shape index (κ1) is 43.3.